The molecule has 2 rings (SSSR count). The highest BCUT2D eigenvalue weighted by atomic mass is 19.1. The van der Waals surface area contributed by atoms with Gasteiger partial charge in [0.2, 0.25) is 0 Å². The first-order valence-corrected chi connectivity index (χ1v) is 5.67. The SMILES string of the molecule is CNCc1cc(F)c(N2CCOCC2)c(F)c1. The molecule has 0 aliphatic carbocycles. The second kappa shape index (κ2) is 5.42. The minimum absolute atomic E-state index is 0.0631. The number of rotatable bonds is 3. The number of nitrogens with zero attached hydrogens (tertiary/aromatic N) is 1. The summed E-state index contributed by atoms with van der Waals surface area (Å²) in [5, 5.41) is 2.87. The van der Waals surface area contributed by atoms with Gasteiger partial charge in [0.05, 0.1) is 13.2 Å². The predicted molar refractivity (Wildman–Crippen MR) is 62.2 cm³/mol. The second-order valence-electron chi connectivity index (χ2n) is 4.04. The van der Waals surface area contributed by atoms with Crippen LogP contribution in [0.4, 0.5) is 14.5 Å². The fourth-order valence-electron chi connectivity index (χ4n) is 2.01. The van der Waals surface area contributed by atoms with E-state index in [9.17, 15) is 8.78 Å². The van der Waals surface area contributed by atoms with Crippen LogP contribution in [-0.4, -0.2) is 33.4 Å². The average Bonchev–Trinajstić information content (AvgIpc) is 2.30. The van der Waals surface area contributed by atoms with E-state index in [-0.39, 0.29) is 5.69 Å². The van der Waals surface area contributed by atoms with Crippen LogP contribution in [0.25, 0.3) is 0 Å². The normalized spacial score (nSPS) is 16.3. The van der Waals surface area contributed by atoms with E-state index in [4.69, 9.17) is 4.74 Å². The number of hydrogen-bond donors (Lipinski definition) is 1. The van der Waals surface area contributed by atoms with Crippen molar-refractivity contribution in [2.75, 3.05) is 38.3 Å². The molecule has 0 bridgehead atoms. The van der Waals surface area contributed by atoms with Gasteiger partial charge < -0.3 is 15.0 Å². The van der Waals surface area contributed by atoms with Crippen molar-refractivity contribution in [3.05, 3.63) is 29.3 Å². The van der Waals surface area contributed by atoms with Crippen LogP contribution in [0.1, 0.15) is 5.56 Å². The van der Waals surface area contributed by atoms with Crippen molar-refractivity contribution in [3.63, 3.8) is 0 Å². The lowest BCUT2D eigenvalue weighted by Crippen LogP contribution is -2.37. The molecule has 1 aromatic rings. The van der Waals surface area contributed by atoms with E-state index in [1.807, 2.05) is 0 Å². The third-order valence-corrected chi connectivity index (χ3v) is 2.78. The Labute approximate surface area is 99.4 Å². The molecule has 0 spiro atoms. The lowest BCUT2D eigenvalue weighted by molar-refractivity contribution is 0.122. The number of halogens is 2. The number of morpholine rings is 1. The summed E-state index contributed by atoms with van der Waals surface area (Å²) in [4.78, 5) is 1.69. The molecule has 0 atom stereocenters. The molecule has 0 saturated carbocycles. The Morgan fingerprint density at radius 3 is 2.35 bits per heavy atom. The first kappa shape index (κ1) is 12.3. The van der Waals surface area contributed by atoms with E-state index in [2.05, 4.69) is 5.32 Å². The van der Waals surface area contributed by atoms with Gasteiger partial charge in [-0.25, -0.2) is 8.78 Å². The lowest BCUT2D eigenvalue weighted by atomic mass is 10.1. The van der Waals surface area contributed by atoms with E-state index >= 15 is 0 Å². The Kier molecular flexibility index (Phi) is 3.91. The molecule has 0 amide bonds. The van der Waals surface area contributed by atoms with Gasteiger partial charge in [0.25, 0.3) is 0 Å². The maximum Gasteiger partial charge on any atom is 0.149 e. The van der Waals surface area contributed by atoms with Gasteiger partial charge in [0.1, 0.15) is 17.3 Å². The Bertz CT molecular complexity index is 369. The van der Waals surface area contributed by atoms with Crippen molar-refractivity contribution >= 4 is 5.69 Å². The van der Waals surface area contributed by atoms with E-state index in [0.29, 0.717) is 38.4 Å². The Balaban J connectivity index is 2.27. The molecule has 1 fully saturated rings. The third kappa shape index (κ3) is 2.73. The molecular weight excluding hydrogens is 226 g/mol. The maximum absolute atomic E-state index is 13.9. The molecule has 1 aliphatic heterocycles. The fourth-order valence-corrected chi connectivity index (χ4v) is 2.01. The van der Waals surface area contributed by atoms with Gasteiger partial charge in [-0.3, -0.25) is 0 Å². The highest BCUT2D eigenvalue weighted by Crippen LogP contribution is 2.25. The van der Waals surface area contributed by atoms with Gasteiger partial charge >= 0.3 is 0 Å². The lowest BCUT2D eigenvalue weighted by Gasteiger charge is -2.29. The standard InChI is InChI=1S/C12H16F2N2O/c1-15-8-9-6-10(13)12(11(14)7-9)16-2-4-17-5-3-16/h6-7,15H,2-5,8H2,1H3. The van der Waals surface area contributed by atoms with E-state index in [1.54, 1.807) is 11.9 Å². The Morgan fingerprint density at radius 2 is 1.82 bits per heavy atom. The predicted octanol–water partition coefficient (Wildman–Crippen LogP) is 1.52. The quantitative estimate of drug-likeness (QED) is 0.869. The monoisotopic (exact) mass is 242 g/mol. The molecule has 3 nitrogen and oxygen atoms in total. The average molecular weight is 242 g/mol. The van der Waals surface area contributed by atoms with Crippen LogP contribution in [-0.2, 0) is 11.3 Å². The van der Waals surface area contributed by atoms with Crippen LogP contribution in [0, 0.1) is 11.6 Å². The van der Waals surface area contributed by atoms with E-state index < -0.39 is 11.6 Å². The molecule has 0 aromatic heterocycles. The Morgan fingerprint density at radius 1 is 1.24 bits per heavy atom. The molecule has 17 heavy (non-hydrogen) atoms. The first-order chi connectivity index (χ1) is 8.22. The summed E-state index contributed by atoms with van der Waals surface area (Å²) >= 11 is 0. The summed E-state index contributed by atoms with van der Waals surface area (Å²) in [5.74, 6) is -1.01. The molecule has 1 heterocycles. The number of ether oxygens (including phenoxy) is 1. The zero-order chi connectivity index (χ0) is 12.3. The molecule has 5 heteroatoms. The summed E-state index contributed by atoms with van der Waals surface area (Å²) in [6.07, 6.45) is 0. The van der Waals surface area contributed by atoms with Gasteiger partial charge in [0, 0.05) is 19.6 Å². The largest absolute Gasteiger partial charge is 0.378 e. The van der Waals surface area contributed by atoms with Crippen molar-refractivity contribution in [2.24, 2.45) is 0 Å². The molecule has 94 valence electrons. The zero-order valence-electron chi connectivity index (χ0n) is 9.80. The zero-order valence-corrected chi connectivity index (χ0v) is 9.80. The highest BCUT2D eigenvalue weighted by Gasteiger charge is 2.19. The van der Waals surface area contributed by atoms with Crippen LogP contribution in [0.2, 0.25) is 0 Å². The topological polar surface area (TPSA) is 24.5 Å². The summed E-state index contributed by atoms with van der Waals surface area (Å²) < 4.78 is 32.9. The van der Waals surface area contributed by atoms with Gasteiger partial charge in [-0.2, -0.15) is 0 Å². The van der Waals surface area contributed by atoms with Crippen LogP contribution in [0.3, 0.4) is 0 Å². The van der Waals surface area contributed by atoms with Gasteiger partial charge in [-0.15, -0.1) is 0 Å². The molecule has 1 saturated heterocycles. The highest BCUT2D eigenvalue weighted by molar-refractivity contribution is 5.51. The molecule has 1 aromatic carbocycles. The van der Waals surface area contributed by atoms with Gasteiger partial charge in [-0.1, -0.05) is 0 Å². The van der Waals surface area contributed by atoms with Crippen molar-refractivity contribution in [1.82, 2.24) is 5.32 Å². The van der Waals surface area contributed by atoms with E-state index in [1.165, 1.54) is 12.1 Å². The molecular formula is C12H16F2N2O. The third-order valence-electron chi connectivity index (χ3n) is 2.78. The minimum atomic E-state index is -0.503. The van der Waals surface area contributed by atoms with Gasteiger partial charge in [-0.05, 0) is 24.7 Å². The summed E-state index contributed by atoms with van der Waals surface area (Å²) in [6, 6.07) is 2.76. The van der Waals surface area contributed by atoms with Crippen molar-refractivity contribution in [3.8, 4) is 0 Å². The van der Waals surface area contributed by atoms with Crippen LogP contribution in [0.15, 0.2) is 12.1 Å². The molecule has 1 aliphatic rings. The van der Waals surface area contributed by atoms with Crippen LogP contribution in [0.5, 0.6) is 0 Å². The first-order valence-electron chi connectivity index (χ1n) is 5.67. The molecule has 0 unspecified atom stereocenters. The molecule has 1 N–H and O–H groups in total. The Hall–Kier alpha value is -1.20. The smallest absolute Gasteiger partial charge is 0.149 e. The maximum atomic E-state index is 13.9. The summed E-state index contributed by atoms with van der Waals surface area (Å²) in [7, 11) is 1.74. The van der Waals surface area contributed by atoms with Crippen molar-refractivity contribution in [1.29, 1.82) is 0 Å². The van der Waals surface area contributed by atoms with Gasteiger partial charge in [0.15, 0.2) is 0 Å². The number of benzene rings is 1. The fraction of sp³-hybridized carbons (Fsp3) is 0.500. The van der Waals surface area contributed by atoms with Crippen LogP contribution < -0.4 is 10.2 Å². The number of hydrogen-bond acceptors (Lipinski definition) is 3. The summed E-state index contributed by atoms with van der Waals surface area (Å²) in [6.45, 7) is 2.53. The molecule has 0 radical (unpaired) electrons. The minimum Gasteiger partial charge on any atom is -0.378 e. The van der Waals surface area contributed by atoms with Crippen molar-refractivity contribution in [2.45, 2.75) is 6.54 Å². The van der Waals surface area contributed by atoms with Crippen molar-refractivity contribution < 1.29 is 13.5 Å². The summed E-state index contributed by atoms with van der Waals surface area (Å²) in [5.41, 5.74) is 0.674. The number of anilines is 1. The van der Waals surface area contributed by atoms with Crippen LogP contribution >= 0.6 is 0 Å². The number of nitrogens with one attached hydrogen (secondary N) is 1. The second-order valence-corrected chi connectivity index (χ2v) is 4.04. The van der Waals surface area contributed by atoms with E-state index in [0.717, 1.165) is 0 Å².